The van der Waals surface area contributed by atoms with Crippen molar-refractivity contribution in [3.05, 3.63) is 186 Å². The van der Waals surface area contributed by atoms with Gasteiger partial charge in [0, 0.05) is 27.6 Å². The number of allylic oxidation sites excluding steroid dienone is 3. The zero-order valence-corrected chi connectivity index (χ0v) is 29.3. The molecule has 12 rings (SSSR count). The smallest absolute Gasteiger partial charge is 0.135 e. The van der Waals surface area contributed by atoms with Crippen LogP contribution in [0.1, 0.15) is 29.0 Å². The second-order valence-electron chi connectivity index (χ2n) is 14.7. The van der Waals surface area contributed by atoms with Crippen molar-refractivity contribution in [2.24, 2.45) is 0 Å². The largest absolute Gasteiger partial charge is 0.456 e. The highest BCUT2D eigenvalue weighted by Crippen LogP contribution is 2.44. The van der Waals surface area contributed by atoms with Gasteiger partial charge in [-0.05, 0) is 102 Å². The van der Waals surface area contributed by atoms with Gasteiger partial charge in [-0.25, -0.2) is 0 Å². The van der Waals surface area contributed by atoms with Gasteiger partial charge in [-0.2, -0.15) is 0 Å². The normalized spacial score (nSPS) is 15.0. The number of hydrogen-bond donors (Lipinski definition) is 0. The van der Waals surface area contributed by atoms with Crippen LogP contribution in [0.5, 0.6) is 0 Å². The molecule has 2 aliphatic carbocycles. The Balaban J connectivity index is 0.908. The van der Waals surface area contributed by atoms with Gasteiger partial charge in [0.15, 0.2) is 0 Å². The highest BCUT2D eigenvalue weighted by molar-refractivity contribution is 6.24. The molecule has 1 atom stereocenters. The van der Waals surface area contributed by atoms with E-state index < -0.39 is 0 Å². The third kappa shape index (κ3) is 4.28. The lowest BCUT2D eigenvalue weighted by molar-refractivity contribution is 0.554. The molecule has 0 bridgehead atoms. The summed E-state index contributed by atoms with van der Waals surface area (Å²) in [5.74, 6) is 0.235. The van der Waals surface area contributed by atoms with Crippen molar-refractivity contribution in [3.8, 4) is 22.3 Å². The number of hydrogen-bond acceptors (Lipinski definition) is 2. The first kappa shape index (κ1) is 29.7. The molecule has 2 nitrogen and oxygen atoms in total. The fourth-order valence-corrected chi connectivity index (χ4v) is 9.40. The summed E-state index contributed by atoms with van der Waals surface area (Å²) < 4.78 is 13.3. The van der Waals surface area contributed by atoms with Crippen LogP contribution in [0.2, 0.25) is 0 Å². The number of benzene rings is 8. The molecule has 0 saturated carbocycles. The van der Waals surface area contributed by atoms with Crippen LogP contribution in [0.4, 0.5) is 0 Å². The Morgan fingerprint density at radius 1 is 0.426 bits per heavy atom. The molecule has 0 saturated heterocycles. The number of rotatable bonds is 3. The van der Waals surface area contributed by atoms with Gasteiger partial charge >= 0.3 is 0 Å². The summed E-state index contributed by atoms with van der Waals surface area (Å²) in [6, 6.07) is 54.8. The van der Waals surface area contributed by atoms with Crippen molar-refractivity contribution >= 4 is 83.0 Å². The van der Waals surface area contributed by atoms with E-state index in [0.29, 0.717) is 0 Å². The van der Waals surface area contributed by atoms with Gasteiger partial charge < -0.3 is 8.83 Å². The second kappa shape index (κ2) is 11.3. The molecule has 252 valence electrons. The van der Waals surface area contributed by atoms with Gasteiger partial charge in [0.2, 0.25) is 0 Å². The van der Waals surface area contributed by atoms with Crippen LogP contribution in [0.25, 0.3) is 105 Å². The van der Waals surface area contributed by atoms with E-state index in [9.17, 15) is 0 Å². The Morgan fingerprint density at radius 3 is 1.72 bits per heavy atom. The van der Waals surface area contributed by atoms with Crippen molar-refractivity contribution in [3.63, 3.8) is 0 Å². The molecule has 0 aliphatic heterocycles. The van der Waals surface area contributed by atoms with Crippen LogP contribution >= 0.6 is 0 Å². The first-order valence-corrected chi connectivity index (χ1v) is 18.8. The van der Waals surface area contributed by atoms with E-state index in [0.717, 1.165) is 34.0 Å². The summed E-state index contributed by atoms with van der Waals surface area (Å²) in [5, 5.41) is 10.8. The molecule has 0 radical (unpaired) electrons. The lowest BCUT2D eigenvalue weighted by Crippen LogP contribution is -2.19. The van der Waals surface area contributed by atoms with Gasteiger partial charge in [-0.1, -0.05) is 152 Å². The molecule has 2 heterocycles. The molecule has 0 N–H and O–H groups in total. The SMILES string of the molecule is C1=Cc2c3c(oc4cccc5cccc2c54)=CC=C(c2ccc(-c4ccc(-c5ccc6oc7cccc8cccc(c9cccc5c69)c87)cc4)cc2)C3C1. The Morgan fingerprint density at radius 2 is 0.981 bits per heavy atom. The van der Waals surface area contributed by atoms with Gasteiger partial charge in [-0.3, -0.25) is 0 Å². The van der Waals surface area contributed by atoms with Crippen molar-refractivity contribution in [2.75, 3.05) is 0 Å². The van der Waals surface area contributed by atoms with Crippen LogP contribution < -0.4 is 5.42 Å². The molecular weight excluding hydrogens is 657 g/mol. The van der Waals surface area contributed by atoms with Gasteiger partial charge in [0.1, 0.15) is 22.2 Å². The first-order chi connectivity index (χ1) is 26.8. The maximum Gasteiger partial charge on any atom is 0.135 e. The van der Waals surface area contributed by atoms with E-state index in [1.54, 1.807) is 0 Å². The predicted octanol–water partition coefficient (Wildman–Crippen LogP) is 13.8. The minimum atomic E-state index is 0.235. The zero-order chi connectivity index (χ0) is 35.3. The highest BCUT2D eigenvalue weighted by Gasteiger charge is 2.27. The second-order valence-corrected chi connectivity index (χ2v) is 14.7. The monoisotopic (exact) mass is 688 g/mol. The summed E-state index contributed by atoms with van der Waals surface area (Å²) in [6.45, 7) is 0. The van der Waals surface area contributed by atoms with E-state index in [2.05, 4.69) is 176 Å². The quantitative estimate of drug-likeness (QED) is 0.185. The third-order valence-corrected chi connectivity index (χ3v) is 11.9. The molecular formula is C52H32O2. The standard InChI is InChI=1S/C52H32O2/c1-7-35-9-3-17-45-49(35)41(11-1)43-15-5-13-39-37(27-29-47(53-45)51(39)43)33-23-19-31(20-24-33)32-21-25-34(26-22-32)38-28-30-48-52-40(38)14-6-16-44(52)42-12-2-8-36-10-4-18-46(54-48)50(36)42/h1-13,15-30,40H,14H2. The van der Waals surface area contributed by atoms with Crippen molar-refractivity contribution < 1.29 is 8.83 Å². The first-order valence-electron chi connectivity index (χ1n) is 18.8. The summed E-state index contributed by atoms with van der Waals surface area (Å²) in [6.07, 6.45) is 10.0. The maximum absolute atomic E-state index is 6.67. The minimum absolute atomic E-state index is 0.235. The fourth-order valence-electron chi connectivity index (χ4n) is 9.40. The fraction of sp³-hybridized carbons (Fsp3) is 0.0385. The van der Waals surface area contributed by atoms with Crippen LogP contribution in [-0.2, 0) is 0 Å². The van der Waals surface area contributed by atoms with Crippen LogP contribution in [0.15, 0.2) is 173 Å². The van der Waals surface area contributed by atoms with E-state index in [1.807, 2.05) is 0 Å². The average Bonchev–Trinajstić information content (AvgIpc) is 3.46. The lowest BCUT2D eigenvalue weighted by atomic mass is 9.77. The summed E-state index contributed by atoms with van der Waals surface area (Å²) >= 11 is 0. The van der Waals surface area contributed by atoms with Crippen molar-refractivity contribution in [2.45, 2.75) is 12.3 Å². The Bertz CT molecular complexity index is 3320. The summed E-state index contributed by atoms with van der Waals surface area (Å²) in [4.78, 5) is 0. The van der Waals surface area contributed by atoms with E-state index in [4.69, 9.17) is 8.83 Å². The molecule has 8 aromatic carbocycles. The molecule has 10 aromatic rings. The van der Waals surface area contributed by atoms with Gasteiger partial charge in [-0.15, -0.1) is 0 Å². The van der Waals surface area contributed by atoms with Gasteiger partial charge in [0.05, 0.1) is 0 Å². The average molecular weight is 689 g/mol. The van der Waals surface area contributed by atoms with E-state index in [-0.39, 0.29) is 5.92 Å². The summed E-state index contributed by atoms with van der Waals surface area (Å²) in [7, 11) is 0. The molecule has 1 unspecified atom stereocenters. The predicted molar refractivity (Wildman–Crippen MR) is 226 cm³/mol. The van der Waals surface area contributed by atoms with E-state index in [1.165, 1.54) is 87.6 Å². The topological polar surface area (TPSA) is 26.3 Å². The molecule has 54 heavy (non-hydrogen) atoms. The molecule has 0 spiro atoms. The third-order valence-electron chi connectivity index (χ3n) is 11.9. The Labute approximate surface area is 311 Å². The van der Waals surface area contributed by atoms with E-state index >= 15 is 0 Å². The van der Waals surface area contributed by atoms with Crippen molar-refractivity contribution in [1.29, 1.82) is 0 Å². The highest BCUT2D eigenvalue weighted by atomic mass is 16.3. The van der Waals surface area contributed by atoms with Crippen LogP contribution in [0.3, 0.4) is 0 Å². The van der Waals surface area contributed by atoms with Crippen molar-refractivity contribution in [1.82, 2.24) is 0 Å². The Hall–Kier alpha value is -6.90. The molecule has 2 heteroatoms. The molecule has 0 fully saturated rings. The molecule has 2 aromatic heterocycles. The maximum atomic E-state index is 6.67. The lowest BCUT2D eigenvalue weighted by Gasteiger charge is -2.26. The van der Waals surface area contributed by atoms with Crippen LogP contribution in [0, 0.1) is 0 Å². The minimum Gasteiger partial charge on any atom is -0.456 e. The number of fused-ring (bicyclic) bond motifs is 2. The van der Waals surface area contributed by atoms with Gasteiger partial charge in [0.25, 0.3) is 0 Å². The molecule has 2 aliphatic rings. The Kier molecular flexibility index (Phi) is 6.20. The van der Waals surface area contributed by atoms with Crippen LogP contribution in [-0.4, -0.2) is 0 Å². The summed E-state index contributed by atoms with van der Waals surface area (Å²) in [5.41, 5.74) is 13.6. The zero-order valence-electron chi connectivity index (χ0n) is 29.3. The molecule has 0 amide bonds.